The SMILES string of the molecule is CC(C(=O)OCCCCOCc1cc(Br)c(N)c(CN2CCCC2)c1)c1cccc(C(=O)c2ccccc2)c1. The van der Waals surface area contributed by atoms with Gasteiger partial charge in [0.2, 0.25) is 0 Å². The number of nitrogen functional groups attached to an aromatic ring is 1. The molecule has 1 aliphatic heterocycles. The summed E-state index contributed by atoms with van der Waals surface area (Å²) in [6, 6.07) is 20.5. The second kappa shape index (κ2) is 14.4. The fourth-order valence-electron chi connectivity index (χ4n) is 4.77. The number of esters is 1. The van der Waals surface area contributed by atoms with Crippen LogP contribution in [-0.4, -0.2) is 43.0 Å². The van der Waals surface area contributed by atoms with E-state index in [-0.39, 0.29) is 11.8 Å². The molecule has 1 heterocycles. The molecule has 39 heavy (non-hydrogen) atoms. The van der Waals surface area contributed by atoms with Crippen molar-refractivity contribution in [3.05, 3.63) is 99.0 Å². The van der Waals surface area contributed by atoms with Crippen LogP contribution in [-0.2, 0) is 27.4 Å². The maximum atomic E-state index is 12.8. The van der Waals surface area contributed by atoms with Crippen molar-refractivity contribution in [2.45, 2.75) is 51.7 Å². The van der Waals surface area contributed by atoms with Crippen molar-refractivity contribution in [3.8, 4) is 0 Å². The van der Waals surface area contributed by atoms with Crippen molar-refractivity contribution >= 4 is 33.4 Å². The third kappa shape index (κ3) is 8.24. The van der Waals surface area contributed by atoms with Gasteiger partial charge in [0.15, 0.2) is 5.78 Å². The summed E-state index contributed by atoms with van der Waals surface area (Å²) in [6.45, 7) is 6.36. The van der Waals surface area contributed by atoms with Crippen LogP contribution in [0.3, 0.4) is 0 Å². The first-order valence-electron chi connectivity index (χ1n) is 13.7. The van der Waals surface area contributed by atoms with E-state index in [1.165, 1.54) is 12.8 Å². The fourth-order valence-corrected chi connectivity index (χ4v) is 5.32. The summed E-state index contributed by atoms with van der Waals surface area (Å²) < 4.78 is 12.3. The molecule has 0 aliphatic carbocycles. The van der Waals surface area contributed by atoms with Crippen molar-refractivity contribution in [2.24, 2.45) is 0 Å². The Hall–Kier alpha value is -3.00. The first-order valence-corrected chi connectivity index (χ1v) is 14.4. The number of nitrogens with two attached hydrogens (primary N) is 1. The first-order chi connectivity index (χ1) is 18.9. The number of hydrogen-bond acceptors (Lipinski definition) is 6. The third-order valence-corrected chi connectivity index (χ3v) is 7.76. The number of nitrogens with zero attached hydrogens (tertiary/aromatic N) is 1. The monoisotopic (exact) mass is 592 g/mol. The van der Waals surface area contributed by atoms with E-state index in [1.807, 2.05) is 36.4 Å². The second-order valence-electron chi connectivity index (χ2n) is 10.1. The Morgan fingerprint density at radius 2 is 1.67 bits per heavy atom. The molecule has 3 aromatic carbocycles. The number of unbranched alkanes of at least 4 members (excludes halogenated alkanes) is 1. The summed E-state index contributed by atoms with van der Waals surface area (Å²) in [6.07, 6.45) is 4.01. The van der Waals surface area contributed by atoms with E-state index in [0.29, 0.717) is 30.9 Å². The maximum absolute atomic E-state index is 12.8. The lowest BCUT2D eigenvalue weighted by Crippen LogP contribution is -2.19. The Labute approximate surface area is 239 Å². The molecule has 1 fully saturated rings. The van der Waals surface area contributed by atoms with E-state index in [4.69, 9.17) is 15.2 Å². The van der Waals surface area contributed by atoms with Gasteiger partial charge in [-0.3, -0.25) is 14.5 Å². The molecule has 0 bridgehead atoms. The van der Waals surface area contributed by atoms with Crippen LogP contribution < -0.4 is 5.73 Å². The molecule has 206 valence electrons. The van der Waals surface area contributed by atoms with Crippen LogP contribution >= 0.6 is 15.9 Å². The predicted octanol–water partition coefficient (Wildman–Crippen LogP) is 6.50. The van der Waals surface area contributed by atoms with Gasteiger partial charge in [0.25, 0.3) is 0 Å². The Kier molecular flexibility index (Phi) is 10.7. The molecule has 6 nitrogen and oxygen atoms in total. The normalized spacial score (nSPS) is 14.3. The van der Waals surface area contributed by atoms with E-state index in [1.54, 1.807) is 31.2 Å². The van der Waals surface area contributed by atoms with E-state index in [2.05, 4.69) is 26.9 Å². The van der Waals surface area contributed by atoms with Gasteiger partial charge in [-0.25, -0.2) is 0 Å². The zero-order valence-corrected chi connectivity index (χ0v) is 24.1. The van der Waals surface area contributed by atoms with E-state index >= 15 is 0 Å². The summed E-state index contributed by atoms with van der Waals surface area (Å²) in [7, 11) is 0. The van der Waals surface area contributed by atoms with E-state index in [9.17, 15) is 9.59 Å². The van der Waals surface area contributed by atoms with Gasteiger partial charge in [-0.1, -0.05) is 54.6 Å². The number of carbonyl (C=O) groups excluding carboxylic acids is 2. The highest BCUT2D eigenvalue weighted by Gasteiger charge is 2.19. The van der Waals surface area contributed by atoms with Gasteiger partial charge >= 0.3 is 5.97 Å². The summed E-state index contributed by atoms with van der Waals surface area (Å²) in [5.41, 5.74) is 11.3. The molecule has 0 amide bonds. The highest BCUT2D eigenvalue weighted by molar-refractivity contribution is 9.10. The Bertz CT molecular complexity index is 1260. The molecular formula is C32H37BrN2O4. The van der Waals surface area contributed by atoms with Gasteiger partial charge in [-0.2, -0.15) is 0 Å². The molecule has 0 radical (unpaired) electrons. The Balaban J connectivity index is 1.17. The topological polar surface area (TPSA) is 81.9 Å². The number of ether oxygens (including phenoxy) is 2. The predicted molar refractivity (Wildman–Crippen MR) is 158 cm³/mol. The maximum Gasteiger partial charge on any atom is 0.313 e. The van der Waals surface area contributed by atoms with Crippen molar-refractivity contribution < 1.29 is 19.1 Å². The van der Waals surface area contributed by atoms with E-state index < -0.39 is 5.92 Å². The quantitative estimate of drug-likeness (QED) is 0.105. The van der Waals surface area contributed by atoms with Gasteiger partial charge in [0, 0.05) is 28.8 Å². The Morgan fingerprint density at radius 1 is 0.949 bits per heavy atom. The van der Waals surface area contributed by atoms with Gasteiger partial charge in [-0.15, -0.1) is 0 Å². The Morgan fingerprint density at radius 3 is 2.44 bits per heavy atom. The zero-order chi connectivity index (χ0) is 27.6. The number of halogens is 1. The molecule has 0 aromatic heterocycles. The van der Waals surface area contributed by atoms with Crippen LogP contribution in [0.25, 0.3) is 0 Å². The van der Waals surface area contributed by atoms with Crippen LogP contribution in [0.4, 0.5) is 5.69 Å². The van der Waals surface area contributed by atoms with Crippen molar-refractivity contribution in [1.29, 1.82) is 0 Å². The van der Waals surface area contributed by atoms with Crippen LogP contribution in [0.1, 0.15) is 71.1 Å². The molecule has 1 atom stereocenters. The van der Waals surface area contributed by atoms with Gasteiger partial charge in [0.05, 0.1) is 24.8 Å². The lowest BCUT2D eigenvalue weighted by atomic mass is 9.96. The third-order valence-electron chi connectivity index (χ3n) is 7.10. The van der Waals surface area contributed by atoms with Crippen LogP contribution in [0.2, 0.25) is 0 Å². The minimum Gasteiger partial charge on any atom is -0.465 e. The average molecular weight is 594 g/mol. The molecule has 2 N–H and O–H groups in total. The number of benzene rings is 3. The number of rotatable bonds is 13. The molecule has 1 aliphatic rings. The highest BCUT2D eigenvalue weighted by Crippen LogP contribution is 2.28. The summed E-state index contributed by atoms with van der Waals surface area (Å²) in [5.74, 6) is -0.812. The minimum absolute atomic E-state index is 0.0628. The summed E-state index contributed by atoms with van der Waals surface area (Å²) in [4.78, 5) is 27.8. The van der Waals surface area contributed by atoms with E-state index in [0.717, 1.165) is 59.3 Å². The lowest BCUT2D eigenvalue weighted by molar-refractivity contribution is -0.145. The lowest BCUT2D eigenvalue weighted by Gasteiger charge is -2.18. The van der Waals surface area contributed by atoms with Gasteiger partial charge in [0.1, 0.15) is 0 Å². The largest absolute Gasteiger partial charge is 0.465 e. The van der Waals surface area contributed by atoms with Gasteiger partial charge < -0.3 is 15.2 Å². The van der Waals surface area contributed by atoms with Crippen molar-refractivity contribution in [2.75, 3.05) is 32.0 Å². The molecule has 3 aromatic rings. The molecule has 1 unspecified atom stereocenters. The second-order valence-corrected chi connectivity index (χ2v) is 11.0. The number of ketones is 1. The molecule has 7 heteroatoms. The van der Waals surface area contributed by atoms with Gasteiger partial charge in [-0.05, 0) is 90.4 Å². The van der Waals surface area contributed by atoms with Crippen LogP contribution in [0.15, 0.2) is 71.2 Å². The van der Waals surface area contributed by atoms with Crippen LogP contribution in [0, 0.1) is 0 Å². The molecule has 0 spiro atoms. The smallest absolute Gasteiger partial charge is 0.313 e. The van der Waals surface area contributed by atoms with Crippen molar-refractivity contribution in [1.82, 2.24) is 4.90 Å². The molecule has 1 saturated heterocycles. The van der Waals surface area contributed by atoms with Crippen molar-refractivity contribution in [3.63, 3.8) is 0 Å². The standard InChI is InChI=1S/C32H37BrN2O4/c1-23(26-12-9-13-27(20-26)31(36)25-10-3-2-4-11-25)32(37)39-17-8-7-16-38-22-24-18-28(30(34)29(33)19-24)21-35-14-5-6-15-35/h2-4,9-13,18-20,23H,5-8,14-17,21-22,34H2,1H3. The zero-order valence-electron chi connectivity index (χ0n) is 22.5. The summed E-state index contributed by atoms with van der Waals surface area (Å²) >= 11 is 3.59. The number of anilines is 1. The number of hydrogen-bond donors (Lipinski definition) is 1. The number of likely N-dealkylation sites (tertiary alicyclic amines) is 1. The summed E-state index contributed by atoms with van der Waals surface area (Å²) in [5, 5.41) is 0. The minimum atomic E-state index is -0.455. The highest BCUT2D eigenvalue weighted by atomic mass is 79.9. The van der Waals surface area contributed by atoms with Crippen LogP contribution in [0.5, 0.6) is 0 Å². The fraction of sp³-hybridized carbons (Fsp3) is 0.375. The molecular weight excluding hydrogens is 556 g/mol. The number of carbonyl (C=O) groups is 2. The first kappa shape index (κ1) is 29.0. The molecule has 0 saturated carbocycles. The molecule has 4 rings (SSSR count). The average Bonchev–Trinajstić information content (AvgIpc) is 3.48.